The van der Waals surface area contributed by atoms with Gasteiger partial charge in [-0.3, -0.25) is 4.79 Å². The predicted molar refractivity (Wildman–Crippen MR) is 94.4 cm³/mol. The highest BCUT2D eigenvalue weighted by Gasteiger charge is 2.70. The summed E-state index contributed by atoms with van der Waals surface area (Å²) in [5, 5.41) is 11.5. The first kappa shape index (κ1) is 19.5. The van der Waals surface area contributed by atoms with E-state index in [2.05, 4.69) is 6.58 Å². The van der Waals surface area contributed by atoms with Crippen LogP contribution in [0.1, 0.15) is 27.7 Å². The molecule has 1 saturated carbocycles. The fraction of sp³-hybridized carbons (Fsp3) is 0.550. The number of ketones is 1. The second-order valence-corrected chi connectivity index (χ2v) is 7.26. The maximum atomic E-state index is 12.9. The van der Waals surface area contributed by atoms with Crippen molar-refractivity contribution in [1.29, 1.82) is 0 Å². The smallest absolute Gasteiger partial charge is 0.334 e. The Labute approximate surface area is 157 Å². The summed E-state index contributed by atoms with van der Waals surface area (Å²) in [7, 11) is 0. The summed E-state index contributed by atoms with van der Waals surface area (Å²) in [4.78, 5) is 37.4. The summed E-state index contributed by atoms with van der Waals surface area (Å²) in [6.45, 7) is 10.3. The van der Waals surface area contributed by atoms with Gasteiger partial charge in [0.2, 0.25) is 0 Å². The van der Waals surface area contributed by atoms with Crippen molar-refractivity contribution in [2.75, 3.05) is 0 Å². The normalized spacial score (nSPS) is 40.9. The summed E-state index contributed by atoms with van der Waals surface area (Å²) in [6.07, 6.45) is 0.989. The van der Waals surface area contributed by atoms with Crippen LogP contribution in [0, 0.1) is 11.8 Å². The van der Waals surface area contributed by atoms with Crippen LogP contribution < -0.4 is 0 Å². The van der Waals surface area contributed by atoms with Crippen LogP contribution in [-0.2, 0) is 28.6 Å². The molecule has 0 aromatic rings. The minimum absolute atomic E-state index is 0.200. The zero-order chi connectivity index (χ0) is 20.1. The van der Waals surface area contributed by atoms with E-state index >= 15 is 0 Å². The van der Waals surface area contributed by atoms with Crippen molar-refractivity contribution in [2.24, 2.45) is 11.8 Å². The molecular weight excluding hydrogens is 352 g/mol. The summed E-state index contributed by atoms with van der Waals surface area (Å²) in [6, 6.07) is 0. The van der Waals surface area contributed by atoms with Crippen LogP contribution in [0.5, 0.6) is 0 Å². The van der Waals surface area contributed by atoms with E-state index in [0.717, 1.165) is 0 Å². The highest BCUT2D eigenvalue weighted by molar-refractivity contribution is 5.99. The Hall–Kier alpha value is -2.25. The molecule has 2 heterocycles. The SMILES string of the molecule is C=C1C(=O)O[C@@H]2[C@@H]1[C@H]1O[C@H]1[C@H](C)[C@@](O)(C(=O)/C=C/C)[C@H]2OC(=O)C(C)=CC. The first-order valence-corrected chi connectivity index (χ1v) is 8.97. The molecule has 3 aliphatic rings. The lowest BCUT2D eigenvalue weighted by Gasteiger charge is -2.39. The third-order valence-electron chi connectivity index (χ3n) is 5.80. The molecule has 0 spiro atoms. The molecule has 1 aliphatic carbocycles. The van der Waals surface area contributed by atoms with Crippen molar-refractivity contribution in [1.82, 2.24) is 0 Å². The van der Waals surface area contributed by atoms with E-state index in [-0.39, 0.29) is 5.57 Å². The molecule has 7 atom stereocenters. The maximum Gasteiger partial charge on any atom is 0.334 e. The first-order valence-electron chi connectivity index (χ1n) is 8.97. The molecule has 27 heavy (non-hydrogen) atoms. The topological polar surface area (TPSA) is 102 Å². The van der Waals surface area contributed by atoms with Gasteiger partial charge in [0.15, 0.2) is 23.6 Å². The summed E-state index contributed by atoms with van der Waals surface area (Å²) >= 11 is 0. The minimum atomic E-state index is -2.10. The molecule has 146 valence electrons. The number of ether oxygens (including phenoxy) is 3. The molecule has 3 fully saturated rings. The van der Waals surface area contributed by atoms with Crippen LogP contribution in [0.2, 0.25) is 0 Å². The van der Waals surface area contributed by atoms with E-state index in [1.807, 2.05) is 0 Å². The van der Waals surface area contributed by atoms with Gasteiger partial charge >= 0.3 is 11.9 Å². The molecule has 7 heteroatoms. The molecule has 0 bridgehead atoms. The predicted octanol–water partition coefficient (Wildman–Crippen LogP) is 1.26. The number of aliphatic hydroxyl groups is 1. The van der Waals surface area contributed by atoms with E-state index in [1.54, 1.807) is 33.8 Å². The average molecular weight is 376 g/mol. The molecule has 0 aromatic carbocycles. The van der Waals surface area contributed by atoms with Crippen molar-refractivity contribution in [3.05, 3.63) is 36.0 Å². The zero-order valence-corrected chi connectivity index (χ0v) is 15.8. The summed E-state index contributed by atoms with van der Waals surface area (Å²) < 4.78 is 16.6. The number of carbonyl (C=O) groups is 3. The largest absolute Gasteiger partial charge is 0.454 e. The second kappa shape index (κ2) is 6.73. The van der Waals surface area contributed by atoms with Gasteiger partial charge in [-0.05, 0) is 26.8 Å². The Morgan fingerprint density at radius 1 is 1.26 bits per heavy atom. The van der Waals surface area contributed by atoms with Gasteiger partial charge in [0.1, 0.15) is 0 Å². The number of epoxide rings is 1. The van der Waals surface area contributed by atoms with Crippen LogP contribution in [0.15, 0.2) is 36.0 Å². The molecule has 0 unspecified atom stereocenters. The quantitative estimate of drug-likeness (QED) is 0.448. The lowest BCUT2D eigenvalue weighted by molar-refractivity contribution is -0.196. The Kier molecular flexibility index (Phi) is 4.86. The summed E-state index contributed by atoms with van der Waals surface area (Å²) in [5.41, 5.74) is -1.58. The maximum absolute atomic E-state index is 12.9. The van der Waals surface area contributed by atoms with Gasteiger partial charge in [-0.1, -0.05) is 25.7 Å². The number of hydrogen-bond acceptors (Lipinski definition) is 7. The van der Waals surface area contributed by atoms with Crippen LogP contribution in [-0.4, -0.2) is 52.8 Å². The summed E-state index contributed by atoms with van der Waals surface area (Å²) in [5.74, 6) is -3.21. The first-order chi connectivity index (χ1) is 12.7. The molecular formula is C20H24O7. The van der Waals surface area contributed by atoms with Crippen LogP contribution in [0.25, 0.3) is 0 Å². The number of rotatable bonds is 4. The van der Waals surface area contributed by atoms with Gasteiger partial charge in [-0.15, -0.1) is 0 Å². The van der Waals surface area contributed by atoms with Crippen molar-refractivity contribution in [2.45, 2.75) is 57.7 Å². The number of carbonyl (C=O) groups excluding carboxylic acids is 3. The minimum Gasteiger partial charge on any atom is -0.454 e. The monoisotopic (exact) mass is 376 g/mol. The van der Waals surface area contributed by atoms with Crippen molar-refractivity contribution in [3.63, 3.8) is 0 Å². The third-order valence-corrected chi connectivity index (χ3v) is 5.80. The Morgan fingerprint density at radius 2 is 1.93 bits per heavy atom. The number of hydrogen-bond donors (Lipinski definition) is 1. The van der Waals surface area contributed by atoms with Crippen molar-refractivity contribution in [3.8, 4) is 0 Å². The standard InChI is InChI=1S/C20H24O7/c1-6-8-12(21)20(24)11(5)14-15(25-14)13-10(4)19(23)26-16(13)17(20)27-18(22)9(3)7-2/h6-8,11,13-17,24H,4H2,1-3,5H3/b8-6+,9-7?/t11-,13-,14-,15+,16+,17-,20+/m0/s1. The van der Waals surface area contributed by atoms with Crippen molar-refractivity contribution < 1.29 is 33.7 Å². The number of allylic oxidation sites excluding steroid dienone is 2. The molecule has 2 aliphatic heterocycles. The van der Waals surface area contributed by atoms with Crippen molar-refractivity contribution >= 4 is 17.7 Å². The third kappa shape index (κ3) is 2.85. The fourth-order valence-corrected chi connectivity index (χ4v) is 3.96. The fourth-order valence-electron chi connectivity index (χ4n) is 3.96. The van der Waals surface area contributed by atoms with E-state index < -0.39 is 59.6 Å². The van der Waals surface area contributed by atoms with Gasteiger partial charge in [-0.2, -0.15) is 0 Å². The van der Waals surface area contributed by atoms with E-state index in [4.69, 9.17) is 14.2 Å². The van der Waals surface area contributed by atoms with Gasteiger partial charge in [0.05, 0.1) is 18.1 Å². The molecule has 0 aromatic heterocycles. The van der Waals surface area contributed by atoms with Gasteiger partial charge in [-0.25, -0.2) is 9.59 Å². The Balaban J connectivity index is 2.10. The number of esters is 2. The Bertz CT molecular complexity index is 764. The highest BCUT2D eigenvalue weighted by atomic mass is 16.6. The molecule has 0 radical (unpaired) electrons. The molecule has 2 saturated heterocycles. The van der Waals surface area contributed by atoms with Crippen LogP contribution in [0.4, 0.5) is 0 Å². The molecule has 0 amide bonds. The molecule has 1 N–H and O–H groups in total. The highest BCUT2D eigenvalue weighted by Crippen LogP contribution is 2.53. The van der Waals surface area contributed by atoms with Gasteiger partial charge in [0.25, 0.3) is 0 Å². The molecule has 3 rings (SSSR count). The Morgan fingerprint density at radius 3 is 2.52 bits per heavy atom. The van der Waals surface area contributed by atoms with Gasteiger partial charge in [0, 0.05) is 17.1 Å². The lowest BCUT2D eigenvalue weighted by Crippen LogP contribution is -2.60. The van der Waals surface area contributed by atoms with Gasteiger partial charge < -0.3 is 19.3 Å². The molecule has 7 nitrogen and oxygen atoms in total. The van der Waals surface area contributed by atoms with E-state index in [0.29, 0.717) is 5.57 Å². The lowest BCUT2D eigenvalue weighted by atomic mass is 9.77. The average Bonchev–Trinajstić information content (AvgIpc) is 3.37. The van der Waals surface area contributed by atoms with Crippen LogP contribution in [0.3, 0.4) is 0 Å². The van der Waals surface area contributed by atoms with E-state index in [1.165, 1.54) is 12.2 Å². The zero-order valence-electron chi connectivity index (χ0n) is 15.8. The second-order valence-electron chi connectivity index (χ2n) is 7.26. The van der Waals surface area contributed by atoms with Crippen LogP contribution >= 0.6 is 0 Å². The number of fused-ring (bicyclic) bond motifs is 3. The van der Waals surface area contributed by atoms with E-state index in [9.17, 15) is 19.5 Å².